The van der Waals surface area contributed by atoms with Gasteiger partial charge in [-0.2, -0.15) is 0 Å². The van der Waals surface area contributed by atoms with Crippen LogP contribution in [-0.2, 0) is 9.59 Å². The molecule has 0 radical (unpaired) electrons. The third kappa shape index (κ3) is 2.76. The number of nitrogens with one attached hydrogen (secondary N) is 1. The standard InChI is InChI=1S/C15H19NO4/c1-15(2,3)12(14(18)19)16-13(17)10-8-20-11-7-5-4-6-9(10)11/h4-7,10,12H,8H2,1-3H3,(H,16,17)(H,18,19)/t10?,12-/m1/s1. The Morgan fingerprint density at radius 2 is 2.00 bits per heavy atom. The molecule has 5 heteroatoms. The summed E-state index contributed by atoms with van der Waals surface area (Å²) >= 11 is 0. The molecular formula is C15H19NO4. The number of fused-ring (bicyclic) bond motifs is 1. The van der Waals surface area contributed by atoms with E-state index in [1.165, 1.54) is 0 Å². The second-order valence-corrected chi connectivity index (χ2v) is 6.05. The maximum Gasteiger partial charge on any atom is 0.326 e. The Morgan fingerprint density at radius 1 is 1.35 bits per heavy atom. The SMILES string of the molecule is CC(C)(C)[C@H](NC(=O)C1COc2ccccc21)C(=O)O. The van der Waals surface area contributed by atoms with Gasteiger partial charge >= 0.3 is 5.97 Å². The molecule has 0 aromatic heterocycles. The number of para-hydroxylation sites is 1. The van der Waals surface area contributed by atoms with Gasteiger partial charge in [-0.1, -0.05) is 39.0 Å². The van der Waals surface area contributed by atoms with E-state index in [1.54, 1.807) is 26.8 Å². The van der Waals surface area contributed by atoms with Crippen LogP contribution in [0.5, 0.6) is 5.75 Å². The van der Waals surface area contributed by atoms with E-state index in [9.17, 15) is 14.7 Å². The quantitative estimate of drug-likeness (QED) is 0.883. The van der Waals surface area contributed by atoms with Crippen molar-refractivity contribution in [2.45, 2.75) is 32.7 Å². The molecule has 1 unspecified atom stereocenters. The van der Waals surface area contributed by atoms with Gasteiger partial charge in [0.05, 0.1) is 0 Å². The Kier molecular flexibility index (Phi) is 3.70. The average molecular weight is 277 g/mol. The van der Waals surface area contributed by atoms with E-state index in [0.29, 0.717) is 5.75 Å². The number of carboxylic acid groups (broad SMARTS) is 1. The molecule has 1 aromatic rings. The summed E-state index contributed by atoms with van der Waals surface area (Å²) in [4.78, 5) is 23.6. The zero-order valence-electron chi connectivity index (χ0n) is 11.8. The normalized spacial score (nSPS) is 18.9. The van der Waals surface area contributed by atoms with Gasteiger partial charge in [-0.05, 0) is 11.5 Å². The van der Waals surface area contributed by atoms with Crippen LogP contribution in [0, 0.1) is 5.41 Å². The predicted molar refractivity (Wildman–Crippen MR) is 73.7 cm³/mol. The molecule has 0 saturated heterocycles. The Balaban J connectivity index is 2.15. The third-order valence-electron chi connectivity index (χ3n) is 3.42. The van der Waals surface area contributed by atoms with Gasteiger partial charge in [0.15, 0.2) is 0 Å². The minimum Gasteiger partial charge on any atom is -0.492 e. The lowest BCUT2D eigenvalue weighted by Gasteiger charge is -2.28. The first-order valence-electron chi connectivity index (χ1n) is 6.55. The molecule has 0 spiro atoms. The second-order valence-electron chi connectivity index (χ2n) is 6.05. The van der Waals surface area contributed by atoms with Gasteiger partial charge in [0.25, 0.3) is 0 Å². The summed E-state index contributed by atoms with van der Waals surface area (Å²) in [6.45, 7) is 5.60. The molecule has 108 valence electrons. The maximum atomic E-state index is 12.3. The summed E-state index contributed by atoms with van der Waals surface area (Å²) in [5, 5.41) is 11.9. The minimum atomic E-state index is -1.03. The van der Waals surface area contributed by atoms with E-state index in [0.717, 1.165) is 5.56 Å². The number of rotatable bonds is 3. The van der Waals surface area contributed by atoms with Gasteiger partial charge in [-0.3, -0.25) is 4.79 Å². The zero-order chi connectivity index (χ0) is 14.9. The van der Waals surface area contributed by atoms with Crippen molar-refractivity contribution >= 4 is 11.9 Å². The number of amides is 1. The van der Waals surface area contributed by atoms with Crippen molar-refractivity contribution in [3.63, 3.8) is 0 Å². The van der Waals surface area contributed by atoms with Gasteiger partial charge in [0, 0.05) is 5.56 Å². The molecule has 0 aliphatic carbocycles. The van der Waals surface area contributed by atoms with Gasteiger partial charge < -0.3 is 15.2 Å². The number of hydrogen-bond acceptors (Lipinski definition) is 3. The number of hydrogen-bond donors (Lipinski definition) is 2. The van der Waals surface area contributed by atoms with Crippen molar-refractivity contribution in [2.75, 3.05) is 6.61 Å². The average Bonchev–Trinajstić information content (AvgIpc) is 2.77. The van der Waals surface area contributed by atoms with Gasteiger partial charge in [-0.15, -0.1) is 0 Å². The molecule has 1 aromatic carbocycles. The Hall–Kier alpha value is -2.04. The minimum absolute atomic E-state index is 0.252. The molecule has 2 atom stereocenters. The Labute approximate surface area is 117 Å². The second kappa shape index (κ2) is 5.15. The maximum absolute atomic E-state index is 12.3. The fraction of sp³-hybridized carbons (Fsp3) is 0.467. The number of ether oxygens (including phenoxy) is 1. The molecule has 1 aliphatic heterocycles. The van der Waals surface area contributed by atoms with Crippen LogP contribution in [0.4, 0.5) is 0 Å². The molecule has 0 fully saturated rings. The first-order chi connectivity index (χ1) is 9.30. The fourth-order valence-corrected chi connectivity index (χ4v) is 2.27. The summed E-state index contributed by atoms with van der Waals surface area (Å²) in [5.41, 5.74) is 0.253. The topological polar surface area (TPSA) is 75.6 Å². The van der Waals surface area contributed by atoms with Crippen LogP contribution in [0.25, 0.3) is 0 Å². The first-order valence-corrected chi connectivity index (χ1v) is 6.55. The molecule has 2 rings (SSSR count). The highest BCUT2D eigenvalue weighted by Gasteiger charge is 2.37. The molecule has 2 N–H and O–H groups in total. The van der Waals surface area contributed by atoms with Crippen LogP contribution < -0.4 is 10.1 Å². The number of carboxylic acids is 1. The van der Waals surface area contributed by atoms with Crippen molar-refractivity contribution in [3.05, 3.63) is 29.8 Å². The first kappa shape index (κ1) is 14.4. The fourth-order valence-electron chi connectivity index (χ4n) is 2.27. The van der Waals surface area contributed by atoms with Crippen molar-refractivity contribution in [3.8, 4) is 5.75 Å². The van der Waals surface area contributed by atoms with Gasteiger partial charge in [0.2, 0.25) is 5.91 Å². The van der Waals surface area contributed by atoms with E-state index in [-0.39, 0.29) is 12.5 Å². The Morgan fingerprint density at radius 3 is 2.60 bits per heavy atom. The predicted octanol–water partition coefficient (Wildman–Crippen LogP) is 1.78. The number of aliphatic carboxylic acids is 1. The van der Waals surface area contributed by atoms with E-state index >= 15 is 0 Å². The summed E-state index contributed by atoms with van der Waals surface area (Å²) in [6.07, 6.45) is 0. The van der Waals surface area contributed by atoms with Crippen molar-refractivity contribution < 1.29 is 19.4 Å². The van der Waals surface area contributed by atoms with Crippen molar-refractivity contribution in [2.24, 2.45) is 5.41 Å². The molecule has 1 amide bonds. The van der Waals surface area contributed by atoms with Crippen LogP contribution in [0.3, 0.4) is 0 Å². The van der Waals surface area contributed by atoms with Crippen LogP contribution in [0.2, 0.25) is 0 Å². The smallest absolute Gasteiger partial charge is 0.326 e. The van der Waals surface area contributed by atoms with Crippen LogP contribution in [0.15, 0.2) is 24.3 Å². The highest BCUT2D eigenvalue weighted by atomic mass is 16.5. The molecule has 5 nitrogen and oxygen atoms in total. The number of carbonyl (C=O) groups is 2. The zero-order valence-corrected chi connectivity index (χ0v) is 11.8. The van der Waals surface area contributed by atoms with E-state index in [4.69, 9.17) is 4.74 Å². The van der Waals surface area contributed by atoms with Crippen LogP contribution in [0.1, 0.15) is 32.3 Å². The molecular weight excluding hydrogens is 258 g/mol. The highest BCUT2D eigenvalue weighted by Crippen LogP contribution is 2.34. The molecule has 20 heavy (non-hydrogen) atoms. The van der Waals surface area contributed by atoms with E-state index < -0.39 is 23.3 Å². The van der Waals surface area contributed by atoms with Gasteiger partial charge in [0.1, 0.15) is 24.3 Å². The summed E-state index contributed by atoms with van der Waals surface area (Å²) in [7, 11) is 0. The van der Waals surface area contributed by atoms with Gasteiger partial charge in [-0.25, -0.2) is 4.79 Å². The van der Waals surface area contributed by atoms with E-state index in [1.807, 2.05) is 18.2 Å². The summed E-state index contributed by atoms with van der Waals surface area (Å²) < 4.78 is 5.45. The lowest BCUT2D eigenvalue weighted by Crippen LogP contribution is -2.50. The Bertz CT molecular complexity index is 533. The van der Waals surface area contributed by atoms with E-state index in [2.05, 4.69) is 5.32 Å². The summed E-state index contributed by atoms with van der Waals surface area (Å²) in [5.74, 6) is -1.10. The highest BCUT2D eigenvalue weighted by molar-refractivity contribution is 5.89. The number of carbonyl (C=O) groups excluding carboxylic acids is 1. The lowest BCUT2D eigenvalue weighted by molar-refractivity contribution is -0.145. The molecule has 0 bridgehead atoms. The number of benzene rings is 1. The summed E-state index contributed by atoms with van der Waals surface area (Å²) in [6, 6.07) is 6.39. The molecule has 1 heterocycles. The molecule has 0 saturated carbocycles. The largest absolute Gasteiger partial charge is 0.492 e. The van der Waals surface area contributed by atoms with Crippen molar-refractivity contribution in [1.29, 1.82) is 0 Å². The van der Waals surface area contributed by atoms with Crippen LogP contribution in [-0.4, -0.2) is 29.6 Å². The third-order valence-corrected chi connectivity index (χ3v) is 3.42. The van der Waals surface area contributed by atoms with Crippen molar-refractivity contribution in [1.82, 2.24) is 5.32 Å². The van der Waals surface area contributed by atoms with Crippen LogP contribution >= 0.6 is 0 Å². The molecule has 1 aliphatic rings. The lowest BCUT2D eigenvalue weighted by atomic mass is 9.86. The monoisotopic (exact) mass is 277 g/mol.